The summed E-state index contributed by atoms with van der Waals surface area (Å²) >= 11 is 6.72. The minimum Gasteiger partial charge on any atom is -0.192 e. The number of hydrogen-bond donors (Lipinski definition) is 0. The van der Waals surface area contributed by atoms with Gasteiger partial charge < -0.3 is 0 Å². The standard InChI is InChI=1S/C9H7Br2N/c10-4-7-1-8(5-11)3-9(2-7)6-12/h1-3H,4-5H2. The van der Waals surface area contributed by atoms with Crippen LogP contribution in [-0.2, 0) is 10.7 Å². The quantitative estimate of drug-likeness (QED) is 0.766. The van der Waals surface area contributed by atoms with Crippen LogP contribution in [0, 0.1) is 11.3 Å². The molecule has 12 heavy (non-hydrogen) atoms. The molecular formula is C9H7Br2N. The number of hydrogen-bond acceptors (Lipinski definition) is 1. The van der Waals surface area contributed by atoms with Crippen molar-refractivity contribution in [2.24, 2.45) is 0 Å². The molecule has 0 atom stereocenters. The number of nitrogens with zero attached hydrogens (tertiary/aromatic N) is 1. The summed E-state index contributed by atoms with van der Waals surface area (Å²) in [7, 11) is 0. The fraction of sp³-hybridized carbons (Fsp3) is 0.222. The molecule has 0 saturated carbocycles. The highest BCUT2D eigenvalue weighted by atomic mass is 79.9. The third kappa shape index (κ3) is 2.33. The van der Waals surface area contributed by atoms with Crippen molar-refractivity contribution in [2.75, 3.05) is 0 Å². The largest absolute Gasteiger partial charge is 0.192 e. The molecule has 1 nitrogen and oxygen atoms in total. The second-order valence-corrected chi connectivity index (χ2v) is 3.54. The molecule has 0 aliphatic carbocycles. The molecule has 0 unspecified atom stereocenters. The molecular weight excluding hydrogens is 282 g/mol. The van der Waals surface area contributed by atoms with E-state index >= 15 is 0 Å². The van der Waals surface area contributed by atoms with Crippen LogP contribution >= 0.6 is 31.9 Å². The highest BCUT2D eigenvalue weighted by Crippen LogP contribution is 2.14. The van der Waals surface area contributed by atoms with Gasteiger partial charge in [-0.2, -0.15) is 5.26 Å². The number of halogens is 2. The van der Waals surface area contributed by atoms with Gasteiger partial charge in [-0.05, 0) is 23.3 Å². The molecule has 0 N–H and O–H groups in total. The summed E-state index contributed by atoms with van der Waals surface area (Å²) in [5.41, 5.74) is 3.01. The van der Waals surface area contributed by atoms with E-state index in [2.05, 4.69) is 44.0 Å². The Morgan fingerprint density at radius 2 is 1.58 bits per heavy atom. The van der Waals surface area contributed by atoms with Crippen molar-refractivity contribution >= 4 is 31.9 Å². The first-order valence-corrected chi connectivity index (χ1v) is 5.69. The van der Waals surface area contributed by atoms with Crippen LogP contribution in [0.1, 0.15) is 16.7 Å². The molecule has 0 heterocycles. The lowest BCUT2D eigenvalue weighted by molar-refractivity contribution is 1.33. The van der Waals surface area contributed by atoms with Crippen LogP contribution in [0.15, 0.2) is 18.2 Å². The minimum absolute atomic E-state index is 0.724. The van der Waals surface area contributed by atoms with E-state index in [9.17, 15) is 0 Å². The molecule has 1 aromatic rings. The van der Waals surface area contributed by atoms with Crippen molar-refractivity contribution in [1.29, 1.82) is 5.26 Å². The highest BCUT2D eigenvalue weighted by Gasteiger charge is 1.98. The minimum atomic E-state index is 0.724. The summed E-state index contributed by atoms with van der Waals surface area (Å²) < 4.78 is 0. The Kier molecular flexibility index (Phi) is 3.77. The first kappa shape index (κ1) is 9.76. The van der Waals surface area contributed by atoms with E-state index in [0.29, 0.717) is 0 Å². The van der Waals surface area contributed by atoms with E-state index in [4.69, 9.17) is 5.26 Å². The molecule has 0 amide bonds. The van der Waals surface area contributed by atoms with Crippen molar-refractivity contribution in [3.05, 3.63) is 34.9 Å². The summed E-state index contributed by atoms with van der Waals surface area (Å²) in [6.07, 6.45) is 0. The molecule has 62 valence electrons. The molecule has 0 aromatic heterocycles. The Hall–Kier alpha value is -0.330. The molecule has 0 radical (unpaired) electrons. The molecule has 0 spiro atoms. The van der Waals surface area contributed by atoms with Gasteiger partial charge >= 0.3 is 0 Å². The zero-order chi connectivity index (χ0) is 8.97. The Morgan fingerprint density at radius 3 is 1.92 bits per heavy atom. The lowest BCUT2D eigenvalue weighted by Gasteiger charge is -2.00. The lowest BCUT2D eigenvalue weighted by Crippen LogP contribution is -1.85. The maximum atomic E-state index is 8.70. The molecule has 0 aliphatic heterocycles. The van der Waals surface area contributed by atoms with Crippen molar-refractivity contribution in [3.63, 3.8) is 0 Å². The Labute approximate surface area is 88.7 Å². The average molecular weight is 289 g/mol. The van der Waals surface area contributed by atoms with Gasteiger partial charge in [0.1, 0.15) is 0 Å². The lowest BCUT2D eigenvalue weighted by atomic mass is 10.1. The molecule has 1 rings (SSSR count). The van der Waals surface area contributed by atoms with Crippen LogP contribution in [0.5, 0.6) is 0 Å². The maximum Gasteiger partial charge on any atom is 0.0991 e. The topological polar surface area (TPSA) is 23.8 Å². The van der Waals surface area contributed by atoms with E-state index in [1.54, 1.807) is 0 Å². The highest BCUT2D eigenvalue weighted by molar-refractivity contribution is 9.08. The SMILES string of the molecule is N#Cc1cc(CBr)cc(CBr)c1. The predicted molar refractivity (Wildman–Crippen MR) is 56.4 cm³/mol. The Balaban J connectivity index is 3.12. The van der Waals surface area contributed by atoms with Crippen LogP contribution in [-0.4, -0.2) is 0 Å². The van der Waals surface area contributed by atoms with E-state index in [1.165, 1.54) is 0 Å². The number of alkyl halides is 2. The molecule has 0 fully saturated rings. The fourth-order valence-electron chi connectivity index (χ4n) is 0.981. The van der Waals surface area contributed by atoms with Gasteiger partial charge in [0.25, 0.3) is 0 Å². The van der Waals surface area contributed by atoms with Gasteiger partial charge in [0.15, 0.2) is 0 Å². The fourth-order valence-corrected chi connectivity index (χ4v) is 1.63. The van der Waals surface area contributed by atoms with Gasteiger partial charge in [-0.25, -0.2) is 0 Å². The van der Waals surface area contributed by atoms with E-state index in [1.807, 2.05) is 12.1 Å². The first-order valence-electron chi connectivity index (χ1n) is 3.45. The molecule has 0 aliphatic rings. The number of rotatable bonds is 2. The van der Waals surface area contributed by atoms with Gasteiger partial charge in [-0.1, -0.05) is 37.9 Å². The zero-order valence-electron chi connectivity index (χ0n) is 6.35. The van der Waals surface area contributed by atoms with E-state index < -0.39 is 0 Å². The molecule has 1 aromatic carbocycles. The molecule has 3 heteroatoms. The van der Waals surface area contributed by atoms with Crippen molar-refractivity contribution < 1.29 is 0 Å². The molecule has 0 saturated heterocycles. The van der Waals surface area contributed by atoms with Gasteiger partial charge in [-0.3, -0.25) is 0 Å². The van der Waals surface area contributed by atoms with Crippen LogP contribution in [0.2, 0.25) is 0 Å². The third-order valence-corrected chi connectivity index (χ3v) is 2.79. The zero-order valence-corrected chi connectivity index (χ0v) is 9.52. The van der Waals surface area contributed by atoms with E-state index in [0.717, 1.165) is 27.4 Å². The second kappa shape index (κ2) is 4.64. The Morgan fingerprint density at radius 1 is 1.08 bits per heavy atom. The number of benzene rings is 1. The summed E-state index contributed by atoms with van der Waals surface area (Å²) in [6, 6.07) is 7.99. The third-order valence-electron chi connectivity index (χ3n) is 1.49. The first-order chi connectivity index (χ1) is 5.80. The maximum absolute atomic E-state index is 8.70. The summed E-state index contributed by atoms with van der Waals surface area (Å²) in [6.45, 7) is 0. The smallest absolute Gasteiger partial charge is 0.0991 e. The van der Waals surface area contributed by atoms with Crippen LogP contribution in [0.3, 0.4) is 0 Å². The van der Waals surface area contributed by atoms with Crippen molar-refractivity contribution in [3.8, 4) is 6.07 Å². The van der Waals surface area contributed by atoms with E-state index in [-0.39, 0.29) is 0 Å². The van der Waals surface area contributed by atoms with Crippen molar-refractivity contribution in [2.45, 2.75) is 10.7 Å². The van der Waals surface area contributed by atoms with Crippen LogP contribution < -0.4 is 0 Å². The monoisotopic (exact) mass is 287 g/mol. The van der Waals surface area contributed by atoms with Crippen LogP contribution in [0.25, 0.3) is 0 Å². The van der Waals surface area contributed by atoms with Gasteiger partial charge in [0.05, 0.1) is 11.6 Å². The predicted octanol–water partition coefficient (Wildman–Crippen LogP) is 3.35. The second-order valence-electron chi connectivity index (χ2n) is 2.42. The Bertz CT molecular complexity index is 293. The summed E-state index contributed by atoms with van der Waals surface area (Å²) in [4.78, 5) is 0. The normalized spacial score (nSPS) is 9.42. The van der Waals surface area contributed by atoms with Gasteiger partial charge in [0.2, 0.25) is 0 Å². The van der Waals surface area contributed by atoms with Gasteiger partial charge in [-0.15, -0.1) is 0 Å². The average Bonchev–Trinajstić information content (AvgIpc) is 2.16. The van der Waals surface area contributed by atoms with Crippen molar-refractivity contribution in [1.82, 2.24) is 0 Å². The summed E-state index contributed by atoms with van der Waals surface area (Å²) in [5.74, 6) is 0. The van der Waals surface area contributed by atoms with Crippen LogP contribution in [0.4, 0.5) is 0 Å². The number of nitriles is 1. The van der Waals surface area contributed by atoms with Gasteiger partial charge in [0, 0.05) is 10.7 Å². The molecule has 0 bridgehead atoms. The summed E-state index contributed by atoms with van der Waals surface area (Å²) in [5, 5.41) is 10.3.